The molecule has 20 heavy (non-hydrogen) atoms. The molecule has 0 aliphatic carbocycles. The number of fused-ring (bicyclic) bond motifs is 1. The first-order valence-corrected chi connectivity index (χ1v) is 6.77. The molecule has 0 spiro atoms. The minimum Gasteiger partial charge on any atom is -0.326 e. The first-order valence-electron chi connectivity index (χ1n) is 6.39. The molecule has 0 aliphatic rings. The minimum absolute atomic E-state index is 0.408. The van der Waals surface area contributed by atoms with E-state index in [0.717, 1.165) is 18.1 Å². The molecular weight excluding hydrogens is 274 g/mol. The third-order valence-electron chi connectivity index (χ3n) is 3.14. The molecule has 1 aromatic carbocycles. The van der Waals surface area contributed by atoms with Gasteiger partial charge in [-0.3, -0.25) is 0 Å². The molecule has 0 radical (unpaired) electrons. The molecule has 0 saturated heterocycles. The van der Waals surface area contributed by atoms with E-state index in [1.807, 2.05) is 0 Å². The summed E-state index contributed by atoms with van der Waals surface area (Å²) in [6.45, 7) is 4.94. The molecule has 3 rings (SSSR count). The van der Waals surface area contributed by atoms with Crippen LogP contribution < -0.4 is 4.90 Å². The topological polar surface area (TPSA) is 46.3 Å². The van der Waals surface area contributed by atoms with Crippen LogP contribution >= 0.6 is 11.6 Å². The maximum absolute atomic E-state index is 6.08. The molecule has 0 bridgehead atoms. The van der Waals surface area contributed by atoms with Gasteiger partial charge in [-0.1, -0.05) is 29.3 Å². The van der Waals surface area contributed by atoms with E-state index < -0.39 is 0 Å². The van der Waals surface area contributed by atoms with E-state index >= 15 is 0 Å². The maximum atomic E-state index is 6.08. The van der Waals surface area contributed by atoms with Gasteiger partial charge in [0.2, 0.25) is 0 Å². The van der Waals surface area contributed by atoms with E-state index in [-0.39, 0.29) is 0 Å². The zero-order valence-electron chi connectivity index (χ0n) is 11.3. The van der Waals surface area contributed by atoms with Crippen molar-refractivity contribution in [2.75, 3.05) is 11.4 Å². The average Bonchev–Trinajstić information content (AvgIpc) is 2.89. The Balaban J connectivity index is 2.16. The lowest BCUT2D eigenvalue weighted by Gasteiger charge is -2.23. The van der Waals surface area contributed by atoms with Gasteiger partial charge in [0, 0.05) is 18.3 Å². The number of benzene rings is 1. The first kappa shape index (κ1) is 12.9. The lowest BCUT2D eigenvalue weighted by Crippen LogP contribution is -2.19. The molecule has 3 aromatic rings. The quantitative estimate of drug-likeness (QED) is 0.694. The summed E-state index contributed by atoms with van der Waals surface area (Å²) >= 11 is 6.08. The van der Waals surface area contributed by atoms with Gasteiger partial charge in [0.15, 0.2) is 0 Å². The summed E-state index contributed by atoms with van der Waals surface area (Å²) in [5.74, 6) is 1.35. The predicted octanol–water partition coefficient (Wildman–Crippen LogP) is 3.24. The second kappa shape index (κ2) is 5.09. The molecule has 6 heteroatoms. The van der Waals surface area contributed by atoms with Crippen LogP contribution in [-0.4, -0.2) is 26.1 Å². The van der Waals surface area contributed by atoms with Crippen molar-refractivity contribution in [2.45, 2.75) is 13.8 Å². The van der Waals surface area contributed by atoms with Crippen LogP contribution in [0.25, 0.3) is 5.78 Å². The normalized spacial score (nSPS) is 10.9. The monoisotopic (exact) mass is 287 g/mol. The van der Waals surface area contributed by atoms with Crippen molar-refractivity contribution in [1.29, 1.82) is 0 Å². The summed E-state index contributed by atoms with van der Waals surface area (Å²) < 4.78 is 1.69. The van der Waals surface area contributed by atoms with E-state index in [4.69, 9.17) is 11.6 Å². The third kappa shape index (κ3) is 2.20. The van der Waals surface area contributed by atoms with Gasteiger partial charge in [-0.2, -0.15) is 19.6 Å². The van der Waals surface area contributed by atoms with Crippen molar-refractivity contribution in [3.05, 3.63) is 47.4 Å². The largest absolute Gasteiger partial charge is 0.326 e. The molecular formula is C14H14ClN5. The highest BCUT2D eigenvalue weighted by Gasteiger charge is 2.14. The lowest BCUT2D eigenvalue weighted by molar-refractivity contribution is 0.879. The number of hydrogen-bond donors (Lipinski definition) is 0. The highest BCUT2D eigenvalue weighted by atomic mass is 35.5. The van der Waals surface area contributed by atoms with Gasteiger partial charge < -0.3 is 4.90 Å². The van der Waals surface area contributed by atoms with Crippen LogP contribution in [0.1, 0.15) is 12.5 Å². The maximum Gasteiger partial charge on any atom is 0.255 e. The molecule has 0 amide bonds. The number of anilines is 2. The van der Waals surface area contributed by atoms with Crippen LogP contribution in [0.15, 0.2) is 36.7 Å². The van der Waals surface area contributed by atoms with Crippen molar-refractivity contribution in [3.63, 3.8) is 0 Å². The third-order valence-corrected chi connectivity index (χ3v) is 3.33. The Labute approximate surface area is 121 Å². The fraction of sp³-hybridized carbons (Fsp3) is 0.214. The van der Waals surface area contributed by atoms with Crippen LogP contribution in [-0.2, 0) is 0 Å². The fourth-order valence-electron chi connectivity index (χ4n) is 2.16. The Hall–Kier alpha value is -2.14. The molecule has 0 N–H and O–H groups in total. The van der Waals surface area contributed by atoms with E-state index in [0.29, 0.717) is 10.9 Å². The highest BCUT2D eigenvalue weighted by Crippen LogP contribution is 2.26. The summed E-state index contributed by atoms with van der Waals surface area (Å²) in [7, 11) is 0. The number of hydrogen-bond acceptors (Lipinski definition) is 4. The molecule has 0 atom stereocenters. The van der Waals surface area contributed by atoms with Crippen molar-refractivity contribution >= 4 is 28.9 Å². The van der Waals surface area contributed by atoms with E-state index in [1.54, 1.807) is 10.6 Å². The van der Waals surface area contributed by atoms with E-state index in [9.17, 15) is 0 Å². The van der Waals surface area contributed by atoms with Crippen LogP contribution in [0.3, 0.4) is 0 Å². The van der Waals surface area contributed by atoms with Gasteiger partial charge in [-0.15, -0.1) is 0 Å². The van der Waals surface area contributed by atoms with Gasteiger partial charge >= 0.3 is 0 Å². The van der Waals surface area contributed by atoms with Crippen molar-refractivity contribution in [2.24, 2.45) is 0 Å². The zero-order chi connectivity index (χ0) is 14.1. The summed E-state index contributed by atoms with van der Waals surface area (Å²) in [4.78, 5) is 10.4. The van der Waals surface area contributed by atoms with Gasteiger partial charge in [-0.25, -0.2) is 0 Å². The summed E-state index contributed by atoms with van der Waals surface area (Å²) in [5.41, 5.74) is 2.31. The second-order valence-corrected chi connectivity index (χ2v) is 4.88. The summed E-state index contributed by atoms with van der Waals surface area (Å²) in [6, 6.07) is 10.1. The minimum atomic E-state index is 0.408. The van der Waals surface area contributed by atoms with E-state index in [2.05, 4.69) is 58.1 Å². The molecule has 0 aliphatic heterocycles. The number of halogens is 1. The second-order valence-electron chi connectivity index (χ2n) is 4.49. The molecule has 2 heterocycles. The molecule has 102 valence electrons. The van der Waals surface area contributed by atoms with Crippen molar-refractivity contribution in [3.8, 4) is 0 Å². The Morgan fingerprint density at radius 2 is 2.00 bits per heavy atom. The van der Waals surface area contributed by atoms with Crippen LogP contribution in [0.2, 0.25) is 5.15 Å². The lowest BCUT2D eigenvalue weighted by atomic mass is 10.2. The highest BCUT2D eigenvalue weighted by molar-refractivity contribution is 6.29. The fourth-order valence-corrected chi connectivity index (χ4v) is 2.34. The smallest absolute Gasteiger partial charge is 0.255 e. The molecule has 5 nitrogen and oxygen atoms in total. The number of aromatic nitrogens is 4. The Morgan fingerprint density at radius 3 is 2.70 bits per heavy atom. The predicted molar refractivity (Wildman–Crippen MR) is 79.7 cm³/mol. The van der Waals surface area contributed by atoms with Crippen LogP contribution in [0.4, 0.5) is 11.5 Å². The number of nitrogens with zero attached hydrogens (tertiary/aromatic N) is 5. The van der Waals surface area contributed by atoms with Gasteiger partial charge in [0.1, 0.15) is 17.3 Å². The van der Waals surface area contributed by atoms with Crippen LogP contribution in [0, 0.1) is 6.92 Å². The SMILES string of the molecule is CCN(c1ccc(C)cc1)c1cc(Cl)nc2ncnn12. The molecule has 2 aromatic heterocycles. The zero-order valence-corrected chi connectivity index (χ0v) is 12.0. The Kier molecular flexibility index (Phi) is 3.28. The van der Waals surface area contributed by atoms with Crippen molar-refractivity contribution in [1.82, 2.24) is 19.6 Å². The molecule has 0 unspecified atom stereocenters. The van der Waals surface area contributed by atoms with E-state index in [1.165, 1.54) is 11.9 Å². The van der Waals surface area contributed by atoms with Gasteiger partial charge in [0.05, 0.1) is 0 Å². The summed E-state index contributed by atoms with van der Waals surface area (Å²) in [5, 5.41) is 4.62. The number of aryl methyl sites for hydroxylation is 1. The Morgan fingerprint density at radius 1 is 1.25 bits per heavy atom. The van der Waals surface area contributed by atoms with Crippen molar-refractivity contribution < 1.29 is 0 Å². The summed E-state index contributed by atoms with van der Waals surface area (Å²) in [6.07, 6.45) is 1.48. The average molecular weight is 288 g/mol. The number of rotatable bonds is 3. The van der Waals surface area contributed by atoms with Gasteiger partial charge in [-0.05, 0) is 26.0 Å². The van der Waals surface area contributed by atoms with Gasteiger partial charge in [0.25, 0.3) is 5.78 Å². The Bertz CT molecular complexity index is 735. The molecule has 0 fully saturated rings. The standard InChI is InChI=1S/C14H14ClN5/c1-3-19(11-6-4-10(2)5-7-11)13-8-12(15)18-14-16-9-17-20(13)14/h4-9H,3H2,1-2H3. The van der Waals surface area contributed by atoms with Crippen LogP contribution in [0.5, 0.6) is 0 Å². The molecule has 0 saturated carbocycles. The first-order chi connectivity index (χ1) is 9.69.